The molecule has 0 radical (unpaired) electrons. The van der Waals surface area contributed by atoms with E-state index in [1.807, 2.05) is 0 Å². The molecule has 0 fully saturated rings. The van der Waals surface area contributed by atoms with E-state index in [0.717, 1.165) is 12.5 Å². The third-order valence-corrected chi connectivity index (χ3v) is 5.59. The molecular formula is C24H20ClFN4O4. The quantitative estimate of drug-likeness (QED) is 0.489. The average molecular weight is 483 g/mol. The van der Waals surface area contributed by atoms with Crippen LogP contribution in [0.3, 0.4) is 0 Å². The van der Waals surface area contributed by atoms with E-state index in [0.29, 0.717) is 46.0 Å². The first-order valence-corrected chi connectivity index (χ1v) is 10.8. The third-order valence-electron chi connectivity index (χ3n) is 5.34. The Morgan fingerprint density at radius 2 is 1.68 bits per heavy atom. The van der Waals surface area contributed by atoms with E-state index >= 15 is 0 Å². The molecule has 3 amide bonds. The van der Waals surface area contributed by atoms with Gasteiger partial charge in [0.25, 0.3) is 11.8 Å². The van der Waals surface area contributed by atoms with Crippen molar-refractivity contribution in [2.45, 2.75) is 26.2 Å². The standard InChI is InChI=1S/C24H20ClFN4O4/c1-13-20-18(27-28-22(31)14-9-11-15(25)12-10-14)7-4-8-19(20)34-21(13)24(33)30-29-23(32)16-5-2-3-6-17(16)26/h2-3,5-6,9-12H,4,7-8H2,1H3,(H,28,31)(H,29,32)(H,30,33)/b27-18+. The fourth-order valence-electron chi connectivity index (χ4n) is 3.66. The summed E-state index contributed by atoms with van der Waals surface area (Å²) in [5.41, 5.74) is 8.91. The van der Waals surface area contributed by atoms with Crippen LogP contribution < -0.4 is 16.3 Å². The maximum Gasteiger partial charge on any atom is 0.305 e. The van der Waals surface area contributed by atoms with Crippen LogP contribution in [-0.4, -0.2) is 23.4 Å². The summed E-state index contributed by atoms with van der Waals surface area (Å²) in [4.78, 5) is 37.2. The maximum absolute atomic E-state index is 13.8. The molecule has 1 aliphatic rings. The van der Waals surface area contributed by atoms with Gasteiger partial charge in [0.2, 0.25) is 0 Å². The number of carbonyl (C=O) groups is 3. The first-order valence-electron chi connectivity index (χ1n) is 10.5. The van der Waals surface area contributed by atoms with Crippen LogP contribution in [0.1, 0.15) is 61.0 Å². The predicted molar refractivity (Wildman–Crippen MR) is 123 cm³/mol. The fourth-order valence-corrected chi connectivity index (χ4v) is 3.79. The van der Waals surface area contributed by atoms with E-state index < -0.39 is 23.5 Å². The number of carbonyl (C=O) groups excluding carboxylic acids is 3. The lowest BCUT2D eigenvalue weighted by atomic mass is 9.93. The second-order valence-corrected chi connectivity index (χ2v) is 8.04. The van der Waals surface area contributed by atoms with Crippen LogP contribution in [0, 0.1) is 12.7 Å². The SMILES string of the molecule is Cc1c(C(=O)NNC(=O)c2ccccc2F)oc2c1/C(=N/NC(=O)c1ccc(Cl)cc1)CCC2. The van der Waals surface area contributed by atoms with Gasteiger partial charge in [0.1, 0.15) is 11.6 Å². The van der Waals surface area contributed by atoms with Crippen molar-refractivity contribution >= 4 is 35.0 Å². The van der Waals surface area contributed by atoms with Crippen LogP contribution in [0.5, 0.6) is 0 Å². The van der Waals surface area contributed by atoms with Gasteiger partial charge in [0.15, 0.2) is 5.76 Å². The highest BCUT2D eigenvalue weighted by Gasteiger charge is 2.28. The molecule has 3 N–H and O–H groups in total. The first-order chi connectivity index (χ1) is 16.3. The molecule has 1 aliphatic carbocycles. The van der Waals surface area contributed by atoms with Gasteiger partial charge in [-0.1, -0.05) is 23.7 Å². The van der Waals surface area contributed by atoms with Gasteiger partial charge in [-0.15, -0.1) is 0 Å². The zero-order valence-corrected chi connectivity index (χ0v) is 18.8. The molecule has 174 valence electrons. The third kappa shape index (κ3) is 4.84. The highest BCUT2D eigenvalue weighted by molar-refractivity contribution is 6.30. The molecule has 0 saturated carbocycles. The van der Waals surface area contributed by atoms with E-state index in [9.17, 15) is 18.8 Å². The van der Waals surface area contributed by atoms with E-state index in [1.54, 1.807) is 31.2 Å². The van der Waals surface area contributed by atoms with Gasteiger partial charge in [0, 0.05) is 28.1 Å². The Kier molecular flexibility index (Phi) is 6.74. The Morgan fingerprint density at radius 3 is 2.41 bits per heavy atom. The minimum Gasteiger partial charge on any atom is -0.455 e. The normalized spacial score (nSPS) is 13.8. The van der Waals surface area contributed by atoms with Gasteiger partial charge in [-0.3, -0.25) is 25.2 Å². The van der Waals surface area contributed by atoms with Gasteiger partial charge in [-0.05, 0) is 56.2 Å². The van der Waals surface area contributed by atoms with E-state index in [4.69, 9.17) is 16.0 Å². The number of aryl methyl sites for hydroxylation is 1. The predicted octanol–water partition coefficient (Wildman–Crippen LogP) is 3.93. The number of amides is 3. The molecular weight excluding hydrogens is 463 g/mol. The molecule has 0 unspecified atom stereocenters. The van der Waals surface area contributed by atoms with Crippen LogP contribution in [0.25, 0.3) is 0 Å². The van der Waals surface area contributed by atoms with Crippen LogP contribution in [0.2, 0.25) is 5.02 Å². The number of furan rings is 1. The van der Waals surface area contributed by atoms with Crippen molar-refractivity contribution in [3.63, 3.8) is 0 Å². The average Bonchev–Trinajstić information content (AvgIpc) is 3.18. The molecule has 34 heavy (non-hydrogen) atoms. The molecule has 0 atom stereocenters. The molecule has 1 heterocycles. The lowest BCUT2D eigenvalue weighted by Gasteiger charge is -2.13. The summed E-state index contributed by atoms with van der Waals surface area (Å²) in [6, 6.07) is 11.8. The van der Waals surface area contributed by atoms with Crippen LogP contribution >= 0.6 is 11.6 Å². The molecule has 4 rings (SSSR count). The molecule has 10 heteroatoms. The zero-order chi connectivity index (χ0) is 24.2. The van der Waals surface area contributed by atoms with Crippen LogP contribution in [0.15, 0.2) is 58.0 Å². The number of rotatable bonds is 4. The number of fused-ring (bicyclic) bond motifs is 1. The Hall–Kier alpha value is -3.98. The molecule has 1 aromatic heterocycles. The second-order valence-electron chi connectivity index (χ2n) is 7.60. The molecule has 0 bridgehead atoms. The topological polar surface area (TPSA) is 113 Å². The summed E-state index contributed by atoms with van der Waals surface area (Å²) < 4.78 is 19.5. The summed E-state index contributed by atoms with van der Waals surface area (Å²) in [6.45, 7) is 1.69. The van der Waals surface area contributed by atoms with Gasteiger partial charge in [-0.25, -0.2) is 9.82 Å². The Morgan fingerprint density at radius 1 is 0.971 bits per heavy atom. The molecule has 0 aliphatic heterocycles. The number of nitrogens with zero attached hydrogens (tertiary/aromatic N) is 1. The highest BCUT2D eigenvalue weighted by Crippen LogP contribution is 2.29. The monoisotopic (exact) mass is 482 g/mol. The minimum absolute atomic E-state index is 0.00235. The molecule has 0 spiro atoms. The number of nitrogens with one attached hydrogen (secondary N) is 3. The van der Waals surface area contributed by atoms with Crippen molar-refractivity contribution in [2.24, 2.45) is 5.10 Å². The van der Waals surface area contributed by atoms with Crippen molar-refractivity contribution in [1.29, 1.82) is 0 Å². The second kappa shape index (κ2) is 9.88. The Balaban J connectivity index is 1.48. The largest absolute Gasteiger partial charge is 0.455 e. The molecule has 8 nitrogen and oxygen atoms in total. The number of hydrogen-bond donors (Lipinski definition) is 3. The lowest BCUT2D eigenvalue weighted by molar-refractivity contribution is 0.0827. The van der Waals surface area contributed by atoms with Gasteiger partial charge < -0.3 is 4.42 Å². The molecule has 0 saturated heterocycles. The lowest BCUT2D eigenvalue weighted by Crippen LogP contribution is -2.42. The van der Waals surface area contributed by atoms with Gasteiger partial charge >= 0.3 is 5.91 Å². The Bertz CT molecular complexity index is 1300. The highest BCUT2D eigenvalue weighted by atomic mass is 35.5. The Labute approximate surface area is 199 Å². The van der Waals surface area contributed by atoms with E-state index in [1.165, 1.54) is 18.2 Å². The van der Waals surface area contributed by atoms with Crippen molar-refractivity contribution in [1.82, 2.24) is 16.3 Å². The van der Waals surface area contributed by atoms with Crippen molar-refractivity contribution in [2.75, 3.05) is 0 Å². The van der Waals surface area contributed by atoms with Gasteiger partial charge in [0.05, 0.1) is 11.3 Å². The van der Waals surface area contributed by atoms with Crippen molar-refractivity contribution in [3.8, 4) is 0 Å². The van der Waals surface area contributed by atoms with E-state index in [2.05, 4.69) is 21.4 Å². The first kappa shape index (κ1) is 23.2. The fraction of sp³-hybridized carbons (Fsp3) is 0.167. The summed E-state index contributed by atoms with van der Waals surface area (Å²) in [6.07, 6.45) is 1.90. The maximum atomic E-state index is 13.8. The summed E-state index contributed by atoms with van der Waals surface area (Å²) in [5, 5.41) is 4.78. The number of hydrazone groups is 1. The number of hydrogen-bond acceptors (Lipinski definition) is 5. The molecule has 3 aromatic rings. The summed E-state index contributed by atoms with van der Waals surface area (Å²) >= 11 is 5.85. The van der Waals surface area contributed by atoms with Gasteiger partial charge in [-0.2, -0.15) is 5.10 Å². The number of halogens is 2. The van der Waals surface area contributed by atoms with Crippen molar-refractivity contribution in [3.05, 3.63) is 93.1 Å². The summed E-state index contributed by atoms with van der Waals surface area (Å²) in [5.74, 6) is -2.04. The van der Waals surface area contributed by atoms with Crippen molar-refractivity contribution < 1.29 is 23.2 Å². The zero-order valence-electron chi connectivity index (χ0n) is 18.1. The van der Waals surface area contributed by atoms with Crippen LogP contribution in [0.4, 0.5) is 4.39 Å². The van der Waals surface area contributed by atoms with Crippen LogP contribution in [-0.2, 0) is 6.42 Å². The number of benzene rings is 2. The molecule has 2 aromatic carbocycles. The minimum atomic E-state index is -0.799. The van der Waals surface area contributed by atoms with E-state index in [-0.39, 0.29) is 11.3 Å². The summed E-state index contributed by atoms with van der Waals surface area (Å²) in [7, 11) is 0. The number of hydrazine groups is 1. The smallest absolute Gasteiger partial charge is 0.305 e.